The van der Waals surface area contributed by atoms with E-state index in [1.54, 1.807) is 6.07 Å². The lowest BCUT2D eigenvalue weighted by Gasteiger charge is -2.42. The first-order valence-corrected chi connectivity index (χ1v) is 13.5. The Hall–Kier alpha value is -2.90. The molecule has 190 valence electrons. The molecule has 5 heterocycles. The third-order valence-electron chi connectivity index (χ3n) is 8.47. The van der Waals surface area contributed by atoms with Crippen LogP contribution in [0.25, 0.3) is 10.9 Å². The van der Waals surface area contributed by atoms with Crippen LogP contribution >= 0.6 is 0 Å². The van der Waals surface area contributed by atoms with E-state index in [1.165, 1.54) is 28.6 Å². The van der Waals surface area contributed by atoms with Crippen molar-refractivity contribution in [1.82, 2.24) is 23.8 Å². The number of likely N-dealkylation sites (N-methyl/N-ethyl adjacent to an activating group) is 1. The molecule has 36 heavy (non-hydrogen) atoms. The minimum absolute atomic E-state index is 0.141. The highest BCUT2D eigenvalue weighted by Gasteiger charge is 2.34. The third-order valence-corrected chi connectivity index (χ3v) is 8.47. The molecule has 2 saturated heterocycles. The molecule has 1 amide bonds. The van der Waals surface area contributed by atoms with Crippen LogP contribution in [0.2, 0.25) is 0 Å². The van der Waals surface area contributed by atoms with Gasteiger partial charge in [0.1, 0.15) is 0 Å². The predicted octanol–water partition coefficient (Wildman–Crippen LogP) is 2.98. The number of carbonyl (C=O) groups is 1. The van der Waals surface area contributed by atoms with Gasteiger partial charge in [-0.15, -0.1) is 0 Å². The van der Waals surface area contributed by atoms with Crippen molar-refractivity contribution in [3.63, 3.8) is 0 Å². The maximum Gasteiger partial charge on any atom is 0.250 e. The van der Waals surface area contributed by atoms with Crippen LogP contribution < -0.4 is 5.56 Å². The van der Waals surface area contributed by atoms with Gasteiger partial charge in [0.25, 0.3) is 5.56 Å². The topological polar surface area (TPSA) is 53.7 Å². The van der Waals surface area contributed by atoms with Crippen molar-refractivity contribution in [2.75, 3.05) is 46.3 Å². The summed E-state index contributed by atoms with van der Waals surface area (Å²) in [6.45, 7) is 7.36. The number of nitrogens with zero attached hydrogens (tertiary/aromatic N) is 5. The number of rotatable bonds is 6. The average molecular weight is 488 g/mol. The normalized spacial score (nSPS) is 22.6. The van der Waals surface area contributed by atoms with Gasteiger partial charge in [0.15, 0.2) is 0 Å². The molecule has 7 nitrogen and oxygen atoms in total. The number of likely N-dealkylation sites (tertiary alicyclic amines) is 1. The standard InChI is InChI=1S/C29H37N5O2/c1-30-12-14-32(15-13-30)28(35)10-4-6-23-20-33(27-8-3-2-7-25(23)27)21-31-17-22-16-24(19-31)26-9-5-11-29(36)34(26)18-22/h2-3,5,7-9,11,20,22,24H,4,6,10,12-19,21H2,1H3. The summed E-state index contributed by atoms with van der Waals surface area (Å²) in [5, 5.41) is 1.30. The van der Waals surface area contributed by atoms with Gasteiger partial charge in [0, 0.05) is 87.0 Å². The number of hydrogen-bond donors (Lipinski definition) is 0. The van der Waals surface area contributed by atoms with E-state index >= 15 is 0 Å². The Morgan fingerprint density at radius 2 is 1.81 bits per heavy atom. The van der Waals surface area contributed by atoms with Crippen LogP contribution in [-0.2, 0) is 24.4 Å². The van der Waals surface area contributed by atoms with Crippen molar-refractivity contribution in [2.45, 2.75) is 44.8 Å². The summed E-state index contributed by atoms with van der Waals surface area (Å²) in [6, 6.07) is 14.4. The Morgan fingerprint density at radius 1 is 0.972 bits per heavy atom. The van der Waals surface area contributed by atoms with E-state index in [0.717, 1.165) is 65.3 Å². The SMILES string of the molecule is CN1CCN(C(=O)CCCc2cn(CN3CC4CC(C3)c3cccc(=O)n3C4)c3ccccc23)CC1. The van der Waals surface area contributed by atoms with Crippen molar-refractivity contribution in [3.05, 3.63) is 70.3 Å². The molecule has 2 bridgehead atoms. The molecule has 0 N–H and O–H groups in total. The molecule has 2 fully saturated rings. The number of para-hydroxylation sites is 1. The first kappa shape index (κ1) is 23.5. The maximum absolute atomic E-state index is 12.7. The largest absolute Gasteiger partial charge is 0.340 e. The number of carbonyl (C=O) groups excluding carboxylic acids is 1. The molecule has 2 unspecified atom stereocenters. The second kappa shape index (κ2) is 9.87. The van der Waals surface area contributed by atoms with Gasteiger partial charge in [-0.25, -0.2) is 0 Å². The van der Waals surface area contributed by atoms with E-state index in [-0.39, 0.29) is 5.56 Å². The molecular formula is C29H37N5O2. The molecule has 0 aliphatic carbocycles. The molecule has 1 aromatic carbocycles. The van der Waals surface area contributed by atoms with Crippen LogP contribution in [0, 0.1) is 5.92 Å². The minimum Gasteiger partial charge on any atom is -0.340 e. The van der Waals surface area contributed by atoms with Crippen LogP contribution in [0.5, 0.6) is 0 Å². The van der Waals surface area contributed by atoms with Crippen molar-refractivity contribution < 1.29 is 4.79 Å². The molecule has 3 aliphatic heterocycles. The van der Waals surface area contributed by atoms with Crippen molar-refractivity contribution in [3.8, 4) is 0 Å². The Kier molecular flexibility index (Phi) is 6.44. The Bertz CT molecular complexity index is 1300. The molecule has 3 aromatic rings. The van der Waals surface area contributed by atoms with Gasteiger partial charge in [-0.3, -0.25) is 14.5 Å². The number of hydrogen-bond acceptors (Lipinski definition) is 4. The average Bonchev–Trinajstić information content (AvgIpc) is 3.22. The lowest BCUT2D eigenvalue weighted by molar-refractivity contribution is -0.132. The van der Waals surface area contributed by atoms with Crippen molar-refractivity contribution in [1.29, 1.82) is 0 Å². The molecule has 0 saturated carbocycles. The van der Waals surface area contributed by atoms with E-state index in [1.807, 2.05) is 15.5 Å². The number of fused-ring (bicyclic) bond motifs is 5. The summed E-state index contributed by atoms with van der Waals surface area (Å²) in [4.78, 5) is 32.0. The molecular weight excluding hydrogens is 450 g/mol. The number of aryl methyl sites for hydroxylation is 1. The summed E-state index contributed by atoms with van der Waals surface area (Å²) in [6.07, 6.45) is 5.93. The van der Waals surface area contributed by atoms with Crippen LogP contribution in [0.1, 0.15) is 36.4 Å². The minimum atomic E-state index is 0.141. The quantitative estimate of drug-likeness (QED) is 0.537. The van der Waals surface area contributed by atoms with E-state index in [9.17, 15) is 9.59 Å². The summed E-state index contributed by atoms with van der Waals surface area (Å²) in [7, 11) is 2.12. The molecule has 3 aliphatic rings. The fourth-order valence-corrected chi connectivity index (χ4v) is 6.61. The first-order chi connectivity index (χ1) is 17.5. The monoisotopic (exact) mass is 487 g/mol. The predicted molar refractivity (Wildman–Crippen MR) is 142 cm³/mol. The van der Waals surface area contributed by atoms with E-state index < -0.39 is 0 Å². The highest BCUT2D eigenvalue weighted by Crippen LogP contribution is 2.35. The van der Waals surface area contributed by atoms with Gasteiger partial charge in [0.05, 0.1) is 6.67 Å². The molecule has 0 radical (unpaired) electrons. The number of pyridine rings is 1. The summed E-state index contributed by atoms with van der Waals surface area (Å²) < 4.78 is 4.40. The number of piperazine rings is 1. The van der Waals surface area contributed by atoms with Gasteiger partial charge >= 0.3 is 0 Å². The summed E-state index contributed by atoms with van der Waals surface area (Å²) in [5.41, 5.74) is 3.95. The molecule has 2 aromatic heterocycles. The maximum atomic E-state index is 12.7. The van der Waals surface area contributed by atoms with Crippen molar-refractivity contribution in [2.24, 2.45) is 5.92 Å². The molecule has 7 heteroatoms. The number of aromatic nitrogens is 2. The molecule has 2 atom stereocenters. The Morgan fingerprint density at radius 3 is 2.67 bits per heavy atom. The molecule has 0 spiro atoms. The zero-order valence-corrected chi connectivity index (χ0v) is 21.3. The van der Waals surface area contributed by atoms with Gasteiger partial charge in [-0.05, 0) is 49.9 Å². The first-order valence-electron chi connectivity index (χ1n) is 13.5. The van der Waals surface area contributed by atoms with Gasteiger partial charge < -0.3 is 18.9 Å². The zero-order chi connectivity index (χ0) is 24.6. The summed E-state index contributed by atoms with van der Waals surface area (Å²) in [5.74, 6) is 1.25. The zero-order valence-electron chi connectivity index (χ0n) is 21.3. The summed E-state index contributed by atoms with van der Waals surface area (Å²) >= 11 is 0. The van der Waals surface area contributed by atoms with Crippen LogP contribution in [0.3, 0.4) is 0 Å². The Balaban J connectivity index is 1.13. The van der Waals surface area contributed by atoms with E-state index in [0.29, 0.717) is 24.2 Å². The second-order valence-corrected chi connectivity index (χ2v) is 11.1. The van der Waals surface area contributed by atoms with Crippen molar-refractivity contribution >= 4 is 16.8 Å². The van der Waals surface area contributed by atoms with Gasteiger partial charge in [0.2, 0.25) is 5.91 Å². The highest BCUT2D eigenvalue weighted by molar-refractivity contribution is 5.84. The fourth-order valence-electron chi connectivity index (χ4n) is 6.61. The van der Waals surface area contributed by atoms with E-state index in [4.69, 9.17) is 0 Å². The van der Waals surface area contributed by atoms with Gasteiger partial charge in [-0.1, -0.05) is 24.3 Å². The number of amides is 1. The third kappa shape index (κ3) is 4.62. The second-order valence-electron chi connectivity index (χ2n) is 11.1. The highest BCUT2D eigenvalue weighted by atomic mass is 16.2. The smallest absolute Gasteiger partial charge is 0.250 e. The van der Waals surface area contributed by atoms with Crippen LogP contribution in [0.4, 0.5) is 0 Å². The lowest BCUT2D eigenvalue weighted by Crippen LogP contribution is -2.47. The number of benzene rings is 1. The van der Waals surface area contributed by atoms with Gasteiger partial charge in [-0.2, -0.15) is 0 Å². The van der Waals surface area contributed by atoms with E-state index in [2.05, 4.69) is 57.9 Å². The van der Waals surface area contributed by atoms with Crippen LogP contribution in [-0.4, -0.2) is 76.1 Å². The number of piperidine rings is 1. The fraction of sp³-hybridized carbons (Fsp3) is 0.517. The van der Waals surface area contributed by atoms with Crippen LogP contribution in [0.15, 0.2) is 53.5 Å². The lowest BCUT2D eigenvalue weighted by atomic mass is 9.83. The Labute approximate surface area is 212 Å². The molecule has 6 rings (SSSR count).